The summed E-state index contributed by atoms with van der Waals surface area (Å²) in [5.74, 6) is 0. The highest BCUT2D eigenvalue weighted by Gasteiger charge is 2.32. The largest absolute Gasteiger partial charge is 0.336 e. The fourth-order valence-corrected chi connectivity index (χ4v) is 3.11. The molecule has 1 unspecified atom stereocenters. The van der Waals surface area contributed by atoms with Gasteiger partial charge < -0.3 is 4.89 Å². The SMILES string of the molecule is Cc1ccccc1C(=O)P(=O)(O)c1ccccc1. The van der Waals surface area contributed by atoms with E-state index >= 15 is 0 Å². The molecule has 2 rings (SSSR count). The molecule has 0 saturated carbocycles. The van der Waals surface area contributed by atoms with E-state index in [2.05, 4.69) is 0 Å². The predicted octanol–water partition coefficient (Wildman–Crippen LogP) is 2.73. The van der Waals surface area contributed by atoms with Gasteiger partial charge in [0.2, 0.25) is 0 Å². The Morgan fingerprint density at radius 3 is 2.17 bits per heavy atom. The van der Waals surface area contributed by atoms with E-state index in [-0.39, 0.29) is 5.30 Å². The van der Waals surface area contributed by atoms with Crippen LogP contribution in [0, 0.1) is 6.92 Å². The van der Waals surface area contributed by atoms with Crippen LogP contribution < -0.4 is 5.30 Å². The van der Waals surface area contributed by atoms with Crippen LogP contribution in [0.4, 0.5) is 0 Å². The zero-order chi connectivity index (χ0) is 13.2. The van der Waals surface area contributed by atoms with Gasteiger partial charge in [0.25, 0.3) is 12.9 Å². The van der Waals surface area contributed by atoms with Crippen LogP contribution in [-0.2, 0) is 4.57 Å². The van der Waals surface area contributed by atoms with Crippen molar-refractivity contribution in [3.8, 4) is 0 Å². The molecule has 0 amide bonds. The minimum Gasteiger partial charge on any atom is -0.336 e. The maximum absolute atomic E-state index is 12.3. The quantitative estimate of drug-likeness (QED) is 0.863. The van der Waals surface area contributed by atoms with E-state index in [1.165, 1.54) is 12.1 Å². The van der Waals surface area contributed by atoms with Crippen LogP contribution >= 0.6 is 7.37 Å². The second kappa shape index (κ2) is 4.89. The molecule has 0 saturated heterocycles. The fraction of sp³-hybridized carbons (Fsp3) is 0.0714. The van der Waals surface area contributed by atoms with Crippen molar-refractivity contribution in [3.05, 3.63) is 65.7 Å². The van der Waals surface area contributed by atoms with Gasteiger partial charge in [0.05, 0.1) is 0 Å². The first-order chi connectivity index (χ1) is 8.53. The summed E-state index contributed by atoms with van der Waals surface area (Å²) >= 11 is 0. The third kappa shape index (κ3) is 2.28. The van der Waals surface area contributed by atoms with Crippen molar-refractivity contribution in [1.82, 2.24) is 0 Å². The number of carbonyl (C=O) groups is 1. The molecule has 0 bridgehead atoms. The average molecular weight is 260 g/mol. The standard InChI is InChI=1S/C14H13O3P/c1-11-7-5-6-10-13(11)14(15)18(16,17)12-8-3-2-4-9-12/h2-10H,1H3,(H,16,17). The molecule has 0 aromatic heterocycles. The highest BCUT2D eigenvalue weighted by atomic mass is 31.2. The van der Waals surface area contributed by atoms with E-state index in [1.807, 2.05) is 0 Å². The predicted molar refractivity (Wildman–Crippen MR) is 71.4 cm³/mol. The van der Waals surface area contributed by atoms with Crippen molar-refractivity contribution in [3.63, 3.8) is 0 Å². The monoisotopic (exact) mass is 260 g/mol. The van der Waals surface area contributed by atoms with E-state index in [0.29, 0.717) is 11.1 Å². The Labute approximate surface area is 106 Å². The Bertz CT molecular complexity index is 620. The first-order valence-corrected chi connectivity index (χ1v) is 7.18. The Balaban J connectivity index is 2.47. The molecule has 0 heterocycles. The summed E-state index contributed by atoms with van der Waals surface area (Å²) in [4.78, 5) is 22.2. The molecule has 0 spiro atoms. The lowest BCUT2D eigenvalue weighted by atomic mass is 10.1. The van der Waals surface area contributed by atoms with Gasteiger partial charge >= 0.3 is 0 Å². The van der Waals surface area contributed by atoms with Crippen LogP contribution in [0.2, 0.25) is 0 Å². The topological polar surface area (TPSA) is 54.4 Å². The van der Waals surface area contributed by atoms with Crippen molar-refractivity contribution in [1.29, 1.82) is 0 Å². The summed E-state index contributed by atoms with van der Waals surface area (Å²) in [7, 11) is -4.02. The highest BCUT2D eigenvalue weighted by Crippen LogP contribution is 2.43. The molecule has 0 radical (unpaired) electrons. The summed E-state index contributed by atoms with van der Waals surface area (Å²) in [6, 6.07) is 14.8. The van der Waals surface area contributed by atoms with Crippen molar-refractivity contribution in [2.24, 2.45) is 0 Å². The lowest BCUT2D eigenvalue weighted by Gasteiger charge is -2.11. The second-order valence-corrected chi connectivity index (χ2v) is 6.11. The Morgan fingerprint density at radius 1 is 1.00 bits per heavy atom. The van der Waals surface area contributed by atoms with Crippen LogP contribution in [0.3, 0.4) is 0 Å². The molecule has 0 aliphatic carbocycles. The molecule has 18 heavy (non-hydrogen) atoms. The number of benzene rings is 2. The number of hydrogen-bond acceptors (Lipinski definition) is 2. The maximum Gasteiger partial charge on any atom is 0.298 e. The van der Waals surface area contributed by atoms with E-state index < -0.39 is 12.9 Å². The average Bonchev–Trinajstić information content (AvgIpc) is 2.39. The third-order valence-electron chi connectivity index (χ3n) is 2.76. The first-order valence-electron chi connectivity index (χ1n) is 5.52. The highest BCUT2D eigenvalue weighted by molar-refractivity contribution is 7.82. The molecule has 0 aliphatic rings. The maximum atomic E-state index is 12.3. The zero-order valence-corrected chi connectivity index (χ0v) is 10.8. The van der Waals surface area contributed by atoms with E-state index in [9.17, 15) is 14.3 Å². The van der Waals surface area contributed by atoms with Crippen molar-refractivity contribution < 1.29 is 14.3 Å². The zero-order valence-electron chi connectivity index (χ0n) is 9.91. The van der Waals surface area contributed by atoms with Crippen LogP contribution in [-0.4, -0.2) is 10.4 Å². The van der Waals surface area contributed by atoms with Gasteiger partial charge in [-0.25, -0.2) is 0 Å². The molecule has 2 aromatic rings. The number of aryl methyl sites for hydroxylation is 1. The van der Waals surface area contributed by atoms with E-state index in [4.69, 9.17) is 0 Å². The molecule has 0 aliphatic heterocycles. The molecule has 2 aromatic carbocycles. The van der Waals surface area contributed by atoms with Gasteiger partial charge in [0.15, 0.2) is 0 Å². The van der Waals surface area contributed by atoms with Crippen LogP contribution in [0.5, 0.6) is 0 Å². The van der Waals surface area contributed by atoms with Crippen LogP contribution in [0.15, 0.2) is 54.6 Å². The van der Waals surface area contributed by atoms with Gasteiger partial charge in [0.1, 0.15) is 0 Å². The number of hydrogen-bond donors (Lipinski definition) is 1. The third-order valence-corrected chi connectivity index (χ3v) is 4.55. The Morgan fingerprint density at radius 2 is 1.56 bits per heavy atom. The minimum atomic E-state index is -4.02. The van der Waals surface area contributed by atoms with Gasteiger partial charge in [-0.2, -0.15) is 0 Å². The second-order valence-electron chi connectivity index (χ2n) is 4.03. The molecule has 0 fully saturated rings. The number of rotatable bonds is 3. The summed E-state index contributed by atoms with van der Waals surface area (Å²) in [5, 5.41) is 0.165. The fourth-order valence-electron chi connectivity index (χ4n) is 1.72. The van der Waals surface area contributed by atoms with Crippen molar-refractivity contribution in [2.45, 2.75) is 6.92 Å². The van der Waals surface area contributed by atoms with Gasteiger partial charge in [-0.1, -0.05) is 42.5 Å². The Kier molecular flexibility index (Phi) is 3.46. The van der Waals surface area contributed by atoms with Crippen LogP contribution in [0.25, 0.3) is 0 Å². The summed E-state index contributed by atoms with van der Waals surface area (Å²) in [5.41, 5.74) is 0.284. The Hall–Kier alpha value is -1.70. The molecule has 4 heteroatoms. The summed E-state index contributed by atoms with van der Waals surface area (Å²) in [6.07, 6.45) is 0. The molecular weight excluding hydrogens is 247 g/mol. The van der Waals surface area contributed by atoms with Gasteiger partial charge in [-0.3, -0.25) is 9.36 Å². The van der Waals surface area contributed by atoms with E-state index in [0.717, 1.165) is 0 Å². The van der Waals surface area contributed by atoms with Gasteiger partial charge in [-0.05, 0) is 24.6 Å². The van der Waals surface area contributed by atoms with E-state index in [1.54, 1.807) is 49.4 Å². The van der Waals surface area contributed by atoms with Crippen LogP contribution in [0.1, 0.15) is 15.9 Å². The first kappa shape index (κ1) is 12.7. The molecule has 92 valence electrons. The minimum absolute atomic E-state index is 0.165. The summed E-state index contributed by atoms with van der Waals surface area (Å²) in [6.45, 7) is 1.75. The summed E-state index contributed by atoms with van der Waals surface area (Å²) < 4.78 is 12.3. The van der Waals surface area contributed by atoms with Crippen molar-refractivity contribution in [2.75, 3.05) is 0 Å². The van der Waals surface area contributed by atoms with Gasteiger partial charge in [0, 0.05) is 10.9 Å². The lowest BCUT2D eigenvalue weighted by molar-refractivity contribution is 0.106. The molecule has 1 atom stereocenters. The number of carbonyl (C=O) groups excluding carboxylic acids is 1. The smallest absolute Gasteiger partial charge is 0.298 e. The van der Waals surface area contributed by atoms with Crippen molar-refractivity contribution >= 4 is 18.2 Å². The molecular formula is C14H13O3P. The lowest BCUT2D eigenvalue weighted by Crippen LogP contribution is -2.13. The molecule has 1 N–H and O–H groups in total. The van der Waals surface area contributed by atoms with Gasteiger partial charge in [-0.15, -0.1) is 0 Å². The normalized spacial score (nSPS) is 13.9. The molecule has 3 nitrogen and oxygen atoms in total.